The highest BCUT2D eigenvalue weighted by Gasteiger charge is 2.11. The lowest BCUT2D eigenvalue weighted by Crippen LogP contribution is -2.08. The molecule has 1 aromatic heterocycles. The molecule has 0 aliphatic carbocycles. The molecule has 2 rings (SSSR count). The molecule has 0 bridgehead atoms. The standard InChI is InChI=1S/C15H19BrFN3O/c1-3-12(4-2)20-6-5-11(19-20)9-21-15-13(16)7-10(17)8-14(15)18/h5-8,12H,3-4,9,18H2,1-2H3. The number of nitrogens with two attached hydrogens (primary N) is 1. The third kappa shape index (κ3) is 3.75. The molecule has 4 nitrogen and oxygen atoms in total. The molecule has 114 valence electrons. The van der Waals surface area contributed by atoms with E-state index in [1.165, 1.54) is 12.1 Å². The Morgan fingerprint density at radius 2 is 2.10 bits per heavy atom. The van der Waals surface area contributed by atoms with Gasteiger partial charge in [0.2, 0.25) is 0 Å². The SMILES string of the molecule is CCC(CC)n1ccc(COc2c(N)cc(F)cc2Br)n1. The van der Waals surface area contributed by atoms with Crippen LogP contribution in [0.1, 0.15) is 38.4 Å². The summed E-state index contributed by atoms with van der Waals surface area (Å²) in [5, 5.41) is 4.51. The average Bonchev–Trinajstić information content (AvgIpc) is 2.87. The van der Waals surface area contributed by atoms with Crippen LogP contribution in [-0.2, 0) is 6.61 Å². The lowest BCUT2D eigenvalue weighted by Gasteiger charge is -2.13. The Labute approximate surface area is 132 Å². The Morgan fingerprint density at radius 1 is 1.38 bits per heavy atom. The Balaban J connectivity index is 2.07. The van der Waals surface area contributed by atoms with E-state index in [0.29, 0.717) is 22.9 Å². The summed E-state index contributed by atoms with van der Waals surface area (Å²) < 4.78 is 21.3. The highest BCUT2D eigenvalue weighted by molar-refractivity contribution is 9.10. The van der Waals surface area contributed by atoms with Gasteiger partial charge in [-0.25, -0.2) is 4.39 Å². The maximum Gasteiger partial charge on any atom is 0.157 e. The van der Waals surface area contributed by atoms with Crippen LogP contribution in [0.2, 0.25) is 0 Å². The summed E-state index contributed by atoms with van der Waals surface area (Å²) in [5.74, 6) is 0.0400. The molecule has 0 saturated heterocycles. The summed E-state index contributed by atoms with van der Waals surface area (Å²) in [6, 6.07) is 4.89. The van der Waals surface area contributed by atoms with Crippen molar-refractivity contribution in [3.8, 4) is 5.75 Å². The summed E-state index contributed by atoms with van der Waals surface area (Å²) in [4.78, 5) is 0. The number of anilines is 1. The van der Waals surface area contributed by atoms with Crippen molar-refractivity contribution in [1.82, 2.24) is 9.78 Å². The minimum absolute atomic E-state index is 0.265. The van der Waals surface area contributed by atoms with Gasteiger partial charge in [-0.05, 0) is 40.9 Å². The first-order chi connectivity index (χ1) is 10.0. The highest BCUT2D eigenvalue weighted by atomic mass is 79.9. The minimum atomic E-state index is -0.398. The fourth-order valence-electron chi connectivity index (χ4n) is 2.20. The van der Waals surface area contributed by atoms with Crippen molar-refractivity contribution in [2.75, 3.05) is 5.73 Å². The van der Waals surface area contributed by atoms with E-state index in [9.17, 15) is 4.39 Å². The normalized spacial score (nSPS) is 11.1. The van der Waals surface area contributed by atoms with E-state index < -0.39 is 5.82 Å². The molecule has 0 spiro atoms. The molecule has 1 aromatic carbocycles. The van der Waals surface area contributed by atoms with E-state index in [-0.39, 0.29) is 5.69 Å². The Kier molecular flexibility index (Phi) is 5.22. The summed E-state index contributed by atoms with van der Waals surface area (Å²) in [5.41, 5.74) is 6.84. The second kappa shape index (κ2) is 6.93. The first-order valence-electron chi connectivity index (χ1n) is 6.96. The molecule has 0 unspecified atom stereocenters. The quantitative estimate of drug-likeness (QED) is 0.785. The van der Waals surface area contributed by atoms with Gasteiger partial charge in [-0.2, -0.15) is 5.10 Å². The molecule has 0 saturated carbocycles. The van der Waals surface area contributed by atoms with Crippen LogP contribution in [0.15, 0.2) is 28.9 Å². The molecular formula is C15H19BrFN3O. The van der Waals surface area contributed by atoms with Crippen LogP contribution in [-0.4, -0.2) is 9.78 Å². The van der Waals surface area contributed by atoms with Crippen LogP contribution < -0.4 is 10.5 Å². The predicted molar refractivity (Wildman–Crippen MR) is 84.7 cm³/mol. The molecule has 0 radical (unpaired) electrons. The summed E-state index contributed by atoms with van der Waals surface area (Å²) >= 11 is 3.25. The second-order valence-corrected chi connectivity index (χ2v) is 5.71. The molecule has 0 aliphatic rings. The third-order valence-corrected chi connectivity index (χ3v) is 3.97. The fourth-order valence-corrected chi connectivity index (χ4v) is 2.76. The largest absolute Gasteiger partial charge is 0.484 e. The Hall–Kier alpha value is -1.56. The lowest BCUT2D eigenvalue weighted by atomic mass is 10.2. The number of aromatic nitrogens is 2. The summed E-state index contributed by atoms with van der Waals surface area (Å²) in [7, 11) is 0. The maximum atomic E-state index is 13.2. The van der Waals surface area contributed by atoms with Gasteiger partial charge >= 0.3 is 0 Å². The number of ether oxygens (including phenoxy) is 1. The lowest BCUT2D eigenvalue weighted by molar-refractivity contribution is 0.296. The summed E-state index contributed by atoms with van der Waals surface area (Å²) in [6.45, 7) is 4.58. The van der Waals surface area contributed by atoms with E-state index in [1.807, 2.05) is 16.9 Å². The van der Waals surface area contributed by atoms with Gasteiger partial charge in [0.1, 0.15) is 12.4 Å². The van der Waals surface area contributed by atoms with Gasteiger partial charge in [0.25, 0.3) is 0 Å². The van der Waals surface area contributed by atoms with Gasteiger partial charge in [-0.1, -0.05) is 13.8 Å². The number of nitrogens with zero attached hydrogens (tertiary/aromatic N) is 2. The first kappa shape index (κ1) is 15.8. The van der Waals surface area contributed by atoms with E-state index >= 15 is 0 Å². The molecule has 0 atom stereocenters. The van der Waals surface area contributed by atoms with Gasteiger partial charge in [0.05, 0.1) is 21.9 Å². The number of hydrogen-bond acceptors (Lipinski definition) is 3. The topological polar surface area (TPSA) is 53.1 Å². The smallest absolute Gasteiger partial charge is 0.157 e. The number of rotatable bonds is 6. The highest BCUT2D eigenvalue weighted by Crippen LogP contribution is 2.32. The van der Waals surface area contributed by atoms with Crippen LogP contribution in [0.4, 0.5) is 10.1 Å². The van der Waals surface area contributed by atoms with Crippen LogP contribution >= 0.6 is 15.9 Å². The van der Waals surface area contributed by atoms with Crippen LogP contribution in [0.5, 0.6) is 5.75 Å². The van der Waals surface area contributed by atoms with Gasteiger partial charge in [-0.15, -0.1) is 0 Å². The number of benzene rings is 1. The zero-order chi connectivity index (χ0) is 15.4. The molecule has 21 heavy (non-hydrogen) atoms. The Morgan fingerprint density at radius 3 is 2.71 bits per heavy atom. The molecule has 6 heteroatoms. The molecule has 2 aromatic rings. The van der Waals surface area contributed by atoms with Crippen molar-refractivity contribution in [3.63, 3.8) is 0 Å². The molecule has 1 heterocycles. The molecule has 0 fully saturated rings. The van der Waals surface area contributed by atoms with E-state index in [2.05, 4.69) is 34.9 Å². The maximum absolute atomic E-state index is 13.2. The van der Waals surface area contributed by atoms with Gasteiger partial charge < -0.3 is 10.5 Å². The zero-order valence-electron chi connectivity index (χ0n) is 12.1. The number of hydrogen-bond donors (Lipinski definition) is 1. The van der Waals surface area contributed by atoms with Gasteiger partial charge in [0.15, 0.2) is 5.75 Å². The fraction of sp³-hybridized carbons (Fsp3) is 0.400. The van der Waals surface area contributed by atoms with Gasteiger partial charge in [-0.3, -0.25) is 4.68 Å². The molecular weight excluding hydrogens is 337 g/mol. The van der Waals surface area contributed by atoms with Crippen molar-refractivity contribution in [1.29, 1.82) is 0 Å². The monoisotopic (exact) mass is 355 g/mol. The van der Waals surface area contributed by atoms with Crippen molar-refractivity contribution in [3.05, 3.63) is 40.4 Å². The third-order valence-electron chi connectivity index (χ3n) is 3.38. The molecule has 0 aliphatic heterocycles. The van der Waals surface area contributed by atoms with Crippen molar-refractivity contribution in [2.24, 2.45) is 0 Å². The van der Waals surface area contributed by atoms with E-state index in [0.717, 1.165) is 18.5 Å². The zero-order valence-corrected chi connectivity index (χ0v) is 13.7. The van der Waals surface area contributed by atoms with Crippen molar-refractivity contribution >= 4 is 21.6 Å². The first-order valence-corrected chi connectivity index (χ1v) is 7.75. The van der Waals surface area contributed by atoms with Gasteiger partial charge in [0, 0.05) is 12.3 Å². The molecule has 2 N–H and O–H groups in total. The second-order valence-electron chi connectivity index (χ2n) is 4.85. The van der Waals surface area contributed by atoms with Crippen molar-refractivity contribution < 1.29 is 9.13 Å². The number of halogens is 2. The number of nitrogen functional groups attached to an aromatic ring is 1. The van der Waals surface area contributed by atoms with Crippen LogP contribution in [0.25, 0.3) is 0 Å². The molecule has 0 amide bonds. The van der Waals surface area contributed by atoms with Crippen molar-refractivity contribution in [2.45, 2.75) is 39.3 Å². The van der Waals surface area contributed by atoms with E-state index in [1.54, 1.807) is 0 Å². The average molecular weight is 356 g/mol. The predicted octanol–water partition coefficient (Wildman–Crippen LogP) is 4.31. The summed E-state index contributed by atoms with van der Waals surface area (Å²) in [6.07, 6.45) is 4.03. The van der Waals surface area contributed by atoms with Crippen LogP contribution in [0.3, 0.4) is 0 Å². The minimum Gasteiger partial charge on any atom is -0.484 e. The van der Waals surface area contributed by atoms with E-state index in [4.69, 9.17) is 10.5 Å². The Bertz CT molecular complexity index is 588. The van der Waals surface area contributed by atoms with Crippen LogP contribution in [0, 0.1) is 5.82 Å².